The minimum atomic E-state index is -3.75. The predicted octanol–water partition coefficient (Wildman–Crippen LogP) is 1.46. The van der Waals surface area contributed by atoms with Crippen LogP contribution in [0.4, 0.5) is 4.79 Å². The molecule has 0 radical (unpaired) electrons. The first-order valence-corrected chi connectivity index (χ1v) is 10.3. The number of sulfonamides is 1. The number of rotatable bonds is 8. The number of benzene rings is 1. The molecular weight excluding hydrogens is 368 g/mol. The highest BCUT2D eigenvalue weighted by Gasteiger charge is 2.27. The van der Waals surface area contributed by atoms with Crippen LogP contribution < -0.4 is 21.1 Å². The van der Waals surface area contributed by atoms with E-state index in [4.69, 9.17) is 5.73 Å². The molecule has 0 saturated carbocycles. The molecule has 0 spiro atoms. The highest BCUT2D eigenvalue weighted by atomic mass is 32.2. The van der Waals surface area contributed by atoms with Gasteiger partial charge in [-0.15, -0.1) is 0 Å². The summed E-state index contributed by atoms with van der Waals surface area (Å²) < 4.78 is 27.9. The molecule has 9 heteroatoms. The Bertz CT molecular complexity index is 772. The highest BCUT2D eigenvalue weighted by Crippen LogP contribution is 2.18. The van der Waals surface area contributed by atoms with Crippen LogP contribution in [0.5, 0.6) is 0 Å². The van der Waals surface area contributed by atoms with Crippen molar-refractivity contribution in [2.24, 2.45) is 11.7 Å². The second-order valence-electron chi connectivity index (χ2n) is 7.55. The second-order valence-corrected chi connectivity index (χ2v) is 9.20. The number of carbonyl (C=O) groups excluding carboxylic acids is 2. The fourth-order valence-corrected chi connectivity index (χ4v) is 4.18. The average molecular weight is 399 g/mol. The maximum atomic E-state index is 12.6. The number of hydrogen-bond acceptors (Lipinski definition) is 4. The van der Waals surface area contributed by atoms with E-state index in [1.54, 1.807) is 39.0 Å². The molecule has 0 aliphatic carbocycles. The molecule has 1 aromatic carbocycles. The first-order valence-electron chi connectivity index (χ1n) is 8.83. The summed E-state index contributed by atoms with van der Waals surface area (Å²) in [6, 6.07) is 4.88. The summed E-state index contributed by atoms with van der Waals surface area (Å²) in [5.74, 6) is -0.543. The molecule has 0 aliphatic rings. The second kappa shape index (κ2) is 9.18. The maximum Gasteiger partial charge on any atom is 0.312 e. The predicted molar refractivity (Wildman–Crippen MR) is 104 cm³/mol. The lowest BCUT2D eigenvalue weighted by molar-refractivity contribution is -0.124. The largest absolute Gasteiger partial charge is 0.352 e. The topological polar surface area (TPSA) is 130 Å². The highest BCUT2D eigenvalue weighted by molar-refractivity contribution is 7.89. The van der Waals surface area contributed by atoms with Crippen molar-refractivity contribution in [3.63, 3.8) is 0 Å². The van der Waals surface area contributed by atoms with Crippen molar-refractivity contribution < 1.29 is 18.0 Å². The normalized spacial score (nSPS) is 14.3. The van der Waals surface area contributed by atoms with Crippen molar-refractivity contribution in [2.45, 2.75) is 64.1 Å². The van der Waals surface area contributed by atoms with Gasteiger partial charge in [-0.25, -0.2) is 17.9 Å². The molecule has 3 amide bonds. The van der Waals surface area contributed by atoms with E-state index in [9.17, 15) is 18.0 Å². The molecule has 1 rings (SSSR count). The SMILES string of the molecule is CC[C@H](C)[C@H](NC(N)=O)C(=O)NCc1ccccc1S(=O)(=O)NC(C)(C)C. The fourth-order valence-electron chi connectivity index (χ4n) is 2.52. The van der Waals surface area contributed by atoms with E-state index in [-0.39, 0.29) is 17.4 Å². The van der Waals surface area contributed by atoms with Crippen molar-refractivity contribution in [3.8, 4) is 0 Å². The molecule has 152 valence electrons. The molecule has 1 aromatic rings. The average Bonchev–Trinajstić information content (AvgIpc) is 2.54. The monoisotopic (exact) mass is 398 g/mol. The summed E-state index contributed by atoms with van der Waals surface area (Å²) in [6.45, 7) is 8.98. The van der Waals surface area contributed by atoms with E-state index in [0.717, 1.165) is 0 Å². The molecule has 0 bridgehead atoms. The van der Waals surface area contributed by atoms with Gasteiger partial charge in [0.2, 0.25) is 15.9 Å². The number of urea groups is 1. The number of nitrogens with two attached hydrogens (primary N) is 1. The van der Waals surface area contributed by atoms with Crippen LogP contribution >= 0.6 is 0 Å². The van der Waals surface area contributed by atoms with Crippen LogP contribution in [0.3, 0.4) is 0 Å². The third-order valence-electron chi connectivity index (χ3n) is 3.95. The van der Waals surface area contributed by atoms with Crippen molar-refractivity contribution >= 4 is 22.0 Å². The summed E-state index contributed by atoms with van der Waals surface area (Å²) in [4.78, 5) is 23.8. The molecule has 0 fully saturated rings. The Kier molecular flexibility index (Phi) is 7.79. The zero-order valence-electron chi connectivity index (χ0n) is 16.5. The quantitative estimate of drug-likeness (QED) is 0.528. The van der Waals surface area contributed by atoms with Gasteiger partial charge < -0.3 is 16.4 Å². The molecular formula is C18H30N4O4S. The number of carbonyl (C=O) groups is 2. The van der Waals surface area contributed by atoms with Crippen LogP contribution in [0.25, 0.3) is 0 Å². The van der Waals surface area contributed by atoms with Gasteiger partial charge >= 0.3 is 6.03 Å². The number of primary amides is 1. The van der Waals surface area contributed by atoms with Crippen LogP contribution in [0.2, 0.25) is 0 Å². The van der Waals surface area contributed by atoms with E-state index >= 15 is 0 Å². The van der Waals surface area contributed by atoms with E-state index in [1.165, 1.54) is 6.07 Å². The summed E-state index contributed by atoms with van der Waals surface area (Å²) in [5, 5.41) is 5.13. The van der Waals surface area contributed by atoms with Gasteiger partial charge in [-0.1, -0.05) is 38.5 Å². The van der Waals surface area contributed by atoms with Gasteiger partial charge in [-0.05, 0) is 38.3 Å². The molecule has 5 N–H and O–H groups in total. The number of nitrogens with one attached hydrogen (secondary N) is 3. The van der Waals surface area contributed by atoms with Crippen molar-refractivity contribution in [1.29, 1.82) is 0 Å². The van der Waals surface area contributed by atoms with Crippen LogP contribution in [0, 0.1) is 5.92 Å². The minimum absolute atomic E-state index is 0.00738. The van der Waals surface area contributed by atoms with Crippen LogP contribution in [0.15, 0.2) is 29.2 Å². The summed E-state index contributed by atoms with van der Waals surface area (Å²) in [7, 11) is -3.75. The molecule has 0 aliphatic heterocycles. The maximum absolute atomic E-state index is 12.6. The van der Waals surface area contributed by atoms with Gasteiger partial charge in [0, 0.05) is 12.1 Å². The van der Waals surface area contributed by atoms with Crippen LogP contribution in [-0.2, 0) is 21.4 Å². The van der Waals surface area contributed by atoms with Crippen molar-refractivity contribution in [3.05, 3.63) is 29.8 Å². The summed E-state index contributed by atoms with van der Waals surface area (Å²) in [6.07, 6.45) is 0.666. The third-order valence-corrected chi connectivity index (χ3v) is 5.81. The lowest BCUT2D eigenvalue weighted by Crippen LogP contribution is -2.51. The van der Waals surface area contributed by atoms with Gasteiger partial charge in [0.25, 0.3) is 0 Å². The minimum Gasteiger partial charge on any atom is -0.352 e. The molecule has 0 unspecified atom stereocenters. The van der Waals surface area contributed by atoms with Gasteiger partial charge in [0.05, 0.1) is 4.90 Å². The Balaban J connectivity index is 3.00. The lowest BCUT2D eigenvalue weighted by Gasteiger charge is -2.23. The first-order chi connectivity index (χ1) is 12.4. The Morgan fingerprint density at radius 3 is 2.30 bits per heavy atom. The molecule has 0 aromatic heterocycles. The Morgan fingerprint density at radius 1 is 1.19 bits per heavy atom. The zero-order chi connectivity index (χ0) is 20.8. The van der Waals surface area contributed by atoms with E-state index in [0.29, 0.717) is 12.0 Å². The first kappa shape index (κ1) is 22.9. The van der Waals surface area contributed by atoms with Gasteiger partial charge in [0.15, 0.2) is 0 Å². The Morgan fingerprint density at radius 2 is 1.78 bits per heavy atom. The Hall–Kier alpha value is -2.13. The standard InChI is InChI=1S/C18H30N4O4S/c1-6-12(2)15(21-17(19)24)16(23)20-11-13-9-7-8-10-14(13)27(25,26)22-18(3,4)5/h7-10,12,15,22H,6,11H2,1-5H3,(H,20,23)(H3,19,21,24)/t12-,15-/m0/s1. The van der Waals surface area contributed by atoms with Gasteiger partial charge in [-0.3, -0.25) is 4.79 Å². The van der Waals surface area contributed by atoms with Crippen molar-refractivity contribution in [1.82, 2.24) is 15.4 Å². The van der Waals surface area contributed by atoms with Crippen LogP contribution in [-0.4, -0.2) is 31.9 Å². The smallest absolute Gasteiger partial charge is 0.312 e. The number of hydrogen-bond donors (Lipinski definition) is 4. The van der Waals surface area contributed by atoms with E-state index in [2.05, 4.69) is 15.4 Å². The lowest BCUT2D eigenvalue weighted by atomic mass is 9.98. The zero-order valence-corrected chi connectivity index (χ0v) is 17.3. The van der Waals surface area contributed by atoms with Gasteiger partial charge in [-0.2, -0.15) is 0 Å². The molecule has 0 heterocycles. The molecule has 27 heavy (non-hydrogen) atoms. The number of amides is 3. The summed E-state index contributed by atoms with van der Waals surface area (Å²) in [5.41, 5.74) is 4.97. The van der Waals surface area contributed by atoms with E-state index < -0.39 is 33.5 Å². The van der Waals surface area contributed by atoms with Crippen molar-refractivity contribution in [2.75, 3.05) is 0 Å². The van der Waals surface area contributed by atoms with Crippen LogP contribution in [0.1, 0.15) is 46.6 Å². The Labute approximate surface area is 161 Å². The third kappa shape index (κ3) is 7.18. The van der Waals surface area contributed by atoms with E-state index in [1.807, 2.05) is 13.8 Å². The summed E-state index contributed by atoms with van der Waals surface area (Å²) >= 11 is 0. The molecule has 8 nitrogen and oxygen atoms in total. The molecule has 0 saturated heterocycles. The molecule has 2 atom stereocenters. The fraction of sp³-hybridized carbons (Fsp3) is 0.556. The van der Waals surface area contributed by atoms with Gasteiger partial charge in [0.1, 0.15) is 6.04 Å².